The summed E-state index contributed by atoms with van der Waals surface area (Å²) in [6, 6.07) is 16.1. The molecule has 0 spiro atoms. The van der Waals surface area contributed by atoms with Gasteiger partial charge in [-0.3, -0.25) is 4.79 Å². The highest BCUT2D eigenvalue weighted by molar-refractivity contribution is 9.10. The minimum Gasteiger partial charge on any atom is -0.369 e. The molecule has 4 heteroatoms. The van der Waals surface area contributed by atoms with Crippen molar-refractivity contribution in [3.8, 4) is 0 Å². The third-order valence-corrected chi connectivity index (χ3v) is 4.89. The second kappa shape index (κ2) is 7.18. The summed E-state index contributed by atoms with van der Waals surface area (Å²) >= 11 is 3.38. The molecule has 1 aliphatic rings. The highest BCUT2D eigenvalue weighted by Crippen LogP contribution is 2.26. The smallest absolute Gasteiger partial charge is 0.255 e. The molecule has 0 aromatic heterocycles. The van der Waals surface area contributed by atoms with Gasteiger partial charge in [-0.05, 0) is 74.7 Å². The lowest BCUT2D eigenvalue weighted by atomic mass is 10.0. The lowest BCUT2D eigenvalue weighted by molar-refractivity contribution is 0.102. The van der Waals surface area contributed by atoms with Gasteiger partial charge in [0.1, 0.15) is 0 Å². The van der Waals surface area contributed by atoms with Gasteiger partial charge in [-0.25, -0.2) is 0 Å². The van der Waals surface area contributed by atoms with Crippen LogP contribution in [0.5, 0.6) is 0 Å². The molecule has 3 nitrogen and oxygen atoms in total. The van der Waals surface area contributed by atoms with Crippen LogP contribution in [0.25, 0.3) is 0 Å². The number of nitrogens with one attached hydrogen (secondary N) is 1. The van der Waals surface area contributed by atoms with Gasteiger partial charge in [0.15, 0.2) is 0 Å². The zero-order valence-electron chi connectivity index (χ0n) is 13.3. The SMILES string of the molecule is C[C@@H]1CCCCN1c1ccc(NC(=O)c2ccc(Br)cc2)cc1. The quantitative estimate of drug-likeness (QED) is 0.814. The highest BCUT2D eigenvalue weighted by atomic mass is 79.9. The Morgan fingerprint density at radius 2 is 1.78 bits per heavy atom. The monoisotopic (exact) mass is 372 g/mol. The molecule has 0 saturated carbocycles. The van der Waals surface area contributed by atoms with Crippen molar-refractivity contribution in [3.63, 3.8) is 0 Å². The number of carbonyl (C=O) groups excluding carboxylic acids is 1. The first-order valence-electron chi connectivity index (χ1n) is 8.07. The van der Waals surface area contributed by atoms with Gasteiger partial charge >= 0.3 is 0 Å². The van der Waals surface area contributed by atoms with Gasteiger partial charge < -0.3 is 10.2 Å². The molecule has 23 heavy (non-hydrogen) atoms. The van der Waals surface area contributed by atoms with E-state index in [1.807, 2.05) is 36.4 Å². The summed E-state index contributed by atoms with van der Waals surface area (Å²) in [7, 11) is 0. The van der Waals surface area contributed by atoms with E-state index in [4.69, 9.17) is 0 Å². The predicted molar refractivity (Wildman–Crippen MR) is 99.2 cm³/mol. The summed E-state index contributed by atoms with van der Waals surface area (Å²) < 4.78 is 0.967. The van der Waals surface area contributed by atoms with Crippen LogP contribution in [0.1, 0.15) is 36.5 Å². The molecule has 2 aromatic carbocycles. The van der Waals surface area contributed by atoms with Crippen molar-refractivity contribution in [3.05, 3.63) is 58.6 Å². The first-order valence-corrected chi connectivity index (χ1v) is 8.86. The first kappa shape index (κ1) is 16.1. The maximum atomic E-state index is 12.2. The van der Waals surface area contributed by atoms with Gasteiger partial charge in [-0.1, -0.05) is 15.9 Å². The fourth-order valence-electron chi connectivity index (χ4n) is 3.02. The third-order valence-electron chi connectivity index (χ3n) is 4.37. The van der Waals surface area contributed by atoms with Gasteiger partial charge in [0.25, 0.3) is 5.91 Å². The van der Waals surface area contributed by atoms with Crippen molar-refractivity contribution in [2.45, 2.75) is 32.2 Å². The Hall–Kier alpha value is -1.81. The van der Waals surface area contributed by atoms with Crippen LogP contribution in [0.15, 0.2) is 53.0 Å². The lowest BCUT2D eigenvalue weighted by Crippen LogP contribution is -2.37. The van der Waals surface area contributed by atoms with E-state index in [1.54, 1.807) is 0 Å². The summed E-state index contributed by atoms with van der Waals surface area (Å²) in [5, 5.41) is 2.95. The van der Waals surface area contributed by atoms with Gasteiger partial charge in [-0.2, -0.15) is 0 Å². The molecule has 1 fully saturated rings. The second-order valence-corrected chi connectivity index (χ2v) is 6.96. The fraction of sp³-hybridized carbons (Fsp3) is 0.316. The molecule has 120 valence electrons. The fourth-order valence-corrected chi connectivity index (χ4v) is 3.29. The molecule has 1 N–H and O–H groups in total. The maximum absolute atomic E-state index is 12.2. The summed E-state index contributed by atoms with van der Waals surface area (Å²) in [6.45, 7) is 3.40. The average molecular weight is 373 g/mol. The van der Waals surface area contributed by atoms with Crippen molar-refractivity contribution >= 4 is 33.2 Å². The number of hydrogen-bond donors (Lipinski definition) is 1. The zero-order chi connectivity index (χ0) is 16.2. The van der Waals surface area contributed by atoms with Crippen LogP contribution >= 0.6 is 15.9 Å². The predicted octanol–water partition coefficient (Wildman–Crippen LogP) is 5.08. The number of carbonyl (C=O) groups is 1. The van der Waals surface area contributed by atoms with E-state index in [9.17, 15) is 4.79 Å². The number of anilines is 2. The van der Waals surface area contributed by atoms with Crippen molar-refractivity contribution < 1.29 is 4.79 Å². The topological polar surface area (TPSA) is 32.3 Å². The molecular formula is C19H21BrN2O. The Labute approximate surface area is 145 Å². The van der Waals surface area contributed by atoms with Crippen LogP contribution in [0.3, 0.4) is 0 Å². The molecule has 1 amide bonds. The number of amides is 1. The van der Waals surface area contributed by atoms with Crippen molar-refractivity contribution in [1.82, 2.24) is 0 Å². The Bertz CT molecular complexity index is 667. The third kappa shape index (κ3) is 3.94. The molecule has 1 heterocycles. The molecule has 1 atom stereocenters. The number of hydrogen-bond acceptors (Lipinski definition) is 2. The molecule has 3 rings (SSSR count). The van der Waals surface area contributed by atoms with Crippen molar-refractivity contribution in [1.29, 1.82) is 0 Å². The van der Waals surface area contributed by atoms with E-state index in [0.717, 1.165) is 16.7 Å². The van der Waals surface area contributed by atoms with Crippen molar-refractivity contribution in [2.24, 2.45) is 0 Å². The molecule has 0 bridgehead atoms. The molecular weight excluding hydrogens is 352 g/mol. The van der Waals surface area contributed by atoms with Crippen LogP contribution < -0.4 is 10.2 Å². The van der Waals surface area contributed by atoms with E-state index in [1.165, 1.54) is 24.9 Å². The second-order valence-electron chi connectivity index (χ2n) is 6.05. The number of benzene rings is 2. The summed E-state index contributed by atoms with van der Waals surface area (Å²) in [5.74, 6) is -0.0865. The van der Waals surface area contributed by atoms with Crippen LogP contribution in [0, 0.1) is 0 Å². The number of piperidine rings is 1. The number of halogens is 1. The van der Waals surface area contributed by atoms with E-state index >= 15 is 0 Å². The largest absolute Gasteiger partial charge is 0.369 e. The minimum atomic E-state index is -0.0865. The summed E-state index contributed by atoms with van der Waals surface area (Å²) in [4.78, 5) is 14.7. The van der Waals surface area contributed by atoms with Crippen LogP contribution in [0.2, 0.25) is 0 Å². The Morgan fingerprint density at radius 1 is 1.09 bits per heavy atom. The van der Waals surface area contributed by atoms with Crippen LogP contribution in [-0.2, 0) is 0 Å². The van der Waals surface area contributed by atoms with Crippen molar-refractivity contribution in [2.75, 3.05) is 16.8 Å². The minimum absolute atomic E-state index is 0.0865. The molecule has 2 aromatic rings. The zero-order valence-corrected chi connectivity index (χ0v) is 14.8. The molecule has 0 radical (unpaired) electrons. The maximum Gasteiger partial charge on any atom is 0.255 e. The summed E-state index contributed by atoms with van der Waals surface area (Å²) in [6.07, 6.45) is 3.83. The van der Waals surface area contributed by atoms with E-state index in [2.05, 4.69) is 45.2 Å². The van der Waals surface area contributed by atoms with Gasteiger partial charge in [0.05, 0.1) is 0 Å². The molecule has 0 unspecified atom stereocenters. The lowest BCUT2D eigenvalue weighted by Gasteiger charge is -2.35. The Morgan fingerprint density at radius 3 is 2.43 bits per heavy atom. The molecule has 1 saturated heterocycles. The van der Waals surface area contributed by atoms with Gasteiger partial charge in [0, 0.05) is 34.0 Å². The van der Waals surface area contributed by atoms with Gasteiger partial charge in [0.2, 0.25) is 0 Å². The van der Waals surface area contributed by atoms with E-state index in [0.29, 0.717) is 11.6 Å². The normalized spacial score (nSPS) is 17.8. The molecule has 1 aliphatic heterocycles. The van der Waals surface area contributed by atoms with Crippen LogP contribution in [0.4, 0.5) is 11.4 Å². The number of nitrogens with zero attached hydrogens (tertiary/aromatic N) is 1. The number of rotatable bonds is 3. The highest BCUT2D eigenvalue weighted by Gasteiger charge is 2.18. The summed E-state index contributed by atoms with van der Waals surface area (Å²) in [5.41, 5.74) is 2.71. The Balaban J connectivity index is 1.67. The van der Waals surface area contributed by atoms with Gasteiger partial charge in [-0.15, -0.1) is 0 Å². The van der Waals surface area contributed by atoms with E-state index in [-0.39, 0.29) is 5.91 Å². The first-order chi connectivity index (χ1) is 11.1. The van der Waals surface area contributed by atoms with Crippen LogP contribution in [-0.4, -0.2) is 18.5 Å². The average Bonchev–Trinajstić information content (AvgIpc) is 2.57. The standard InChI is InChI=1S/C19H21BrN2O/c1-14-4-2-3-13-22(14)18-11-9-17(10-12-18)21-19(23)15-5-7-16(20)8-6-15/h5-12,14H,2-4,13H2,1H3,(H,21,23)/t14-/m1/s1. The Kier molecular flexibility index (Phi) is 5.01. The van der Waals surface area contributed by atoms with E-state index < -0.39 is 0 Å². The molecule has 0 aliphatic carbocycles.